The maximum absolute atomic E-state index is 4.27. The summed E-state index contributed by atoms with van der Waals surface area (Å²) in [4.78, 5) is 4.28. The number of likely N-dealkylation sites (N-methyl/N-ethyl adjacent to an activating group) is 2. The van der Waals surface area contributed by atoms with Crippen LogP contribution >= 0.6 is 0 Å². The molecule has 0 saturated carbocycles. The zero-order valence-electron chi connectivity index (χ0n) is 12.8. The van der Waals surface area contributed by atoms with Crippen molar-refractivity contribution in [3.8, 4) is 0 Å². The molecule has 5 heteroatoms. The first kappa shape index (κ1) is 15.9. The molecule has 1 heterocycles. The number of nitrogens with zero attached hydrogens (tertiary/aromatic N) is 4. The zero-order valence-corrected chi connectivity index (χ0v) is 12.8. The highest BCUT2D eigenvalue weighted by molar-refractivity contribution is 5.35. The fourth-order valence-corrected chi connectivity index (χ4v) is 1.60. The van der Waals surface area contributed by atoms with Crippen LogP contribution in [-0.4, -0.2) is 55.9 Å². The lowest BCUT2D eigenvalue weighted by atomic mass is 10.2. The number of anilines is 1. The van der Waals surface area contributed by atoms with Crippen LogP contribution in [-0.2, 0) is 6.54 Å². The molecule has 108 valence electrons. The van der Waals surface area contributed by atoms with E-state index in [1.807, 2.05) is 19.2 Å². The van der Waals surface area contributed by atoms with Gasteiger partial charge >= 0.3 is 0 Å². The summed E-state index contributed by atoms with van der Waals surface area (Å²) in [6.45, 7) is 8.14. The Labute approximate surface area is 117 Å². The Kier molecular flexibility index (Phi) is 6.73. The molecule has 0 aliphatic rings. The van der Waals surface area contributed by atoms with Gasteiger partial charge in [0.2, 0.25) is 0 Å². The summed E-state index contributed by atoms with van der Waals surface area (Å²) in [5, 5.41) is 11.9. The van der Waals surface area contributed by atoms with E-state index >= 15 is 0 Å². The number of hydrogen-bond acceptors (Lipinski definition) is 5. The van der Waals surface area contributed by atoms with Gasteiger partial charge in [-0.2, -0.15) is 5.10 Å². The molecule has 0 fully saturated rings. The van der Waals surface area contributed by atoms with E-state index in [2.05, 4.69) is 53.3 Å². The maximum Gasteiger partial charge on any atom is 0.151 e. The minimum atomic E-state index is 0.657. The third kappa shape index (κ3) is 6.50. The highest BCUT2D eigenvalue weighted by Gasteiger charge is 2.04. The molecule has 0 aliphatic carbocycles. The maximum atomic E-state index is 4.27. The van der Waals surface area contributed by atoms with Crippen LogP contribution in [0.5, 0.6) is 0 Å². The van der Waals surface area contributed by atoms with Crippen LogP contribution in [0.15, 0.2) is 12.1 Å². The van der Waals surface area contributed by atoms with Gasteiger partial charge in [0.25, 0.3) is 0 Å². The Hall–Kier alpha value is -1.20. The molecule has 1 aromatic heterocycles. The van der Waals surface area contributed by atoms with E-state index in [0.29, 0.717) is 5.92 Å². The molecule has 0 saturated heterocycles. The Bertz CT molecular complexity index is 347. The van der Waals surface area contributed by atoms with Crippen LogP contribution in [0.1, 0.15) is 19.5 Å². The van der Waals surface area contributed by atoms with Crippen LogP contribution < -0.4 is 10.2 Å². The van der Waals surface area contributed by atoms with E-state index in [1.54, 1.807) is 0 Å². The molecule has 1 aromatic rings. The molecular weight excluding hydrogens is 238 g/mol. The van der Waals surface area contributed by atoms with Crippen molar-refractivity contribution in [2.75, 3.05) is 45.7 Å². The Morgan fingerprint density at radius 2 is 1.84 bits per heavy atom. The second-order valence-electron chi connectivity index (χ2n) is 5.63. The highest BCUT2D eigenvalue weighted by atomic mass is 15.3. The molecule has 0 spiro atoms. The van der Waals surface area contributed by atoms with Gasteiger partial charge in [-0.05, 0) is 38.7 Å². The number of hydrogen-bond donors (Lipinski definition) is 1. The van der Waals surface area contributed by atoms with Gasteiger partial charge in [-0.25, -0.2) is 0 Å². The molecule has 19 heavy (non-hydrogen) atoms. The minimum absolute atomic E-state index is 0.657. The van der Waals surface area contributed by atoms with Gasteiger partial charge < -0.3 is 15.1 Å². The van der Waals surface area contributed by atoms with E-state index in [1.165, 1.54) is 0 Å². The zero-order chi connectivity index (χ0) is 14.3. The Morgan fingerprint density at radius 3 is 2.37 bits per heavy atom. The lowest BCUT2D eigenvalue weighted by Gasteiger charge is -2.20. The molecule has 0 aliphatic heterocycles. The first-order valence-corrected chi connectivity index (χ1v) is 6.88. The molecule has 1 N–H and O–H groups in total. The molecule has 5 nitrogen and oxygen atoms in total. The molecular formula is C14H27N5. The van der Waals surface area contributed by atoms with Crippen molar-refractivity contribution in [1.29, 1.82) is 0 Å². The topological polar surface area (TPSA) is 44.3 Å². The first-order chi connectivity index (χ1) is 8.99. The summed E-state index contributed by atoms with van der Waals surface area (Å²) in [5.41, 5.74) is 0.991. The summed E-state index contributed by atoms with van der Waals surface area (Å²) >= 11 is 0. The third-order valence-corrected chi connectivity index (χ3v) is 2.84. The predicted octanol–water partition coefficient (Wildman–Crippen LogP) is 1.22. The largest absolute Gasteiger partial charge is 0.357 e. The van der Waals surface area contributed by atoms with Crippen molar-refractivity contribution in [2.24, 2.45) is 5.92 Å². The lowest BCUT2D eigenvalue weighted by Crippen LogP contribution is -2.29. The highest BCUT2D eigenvalue weighted by Crippen LogP contribution is 2.07. The summed E-state index contributed by atoms with van der Waals surface area (Å²) in [6.07, 6.45) is 0. The first-order valence-electron chi connectivity index (χ1n) is 6.88. The molecule has 0 radical (unpaired) electrons. The van der Waals surface area contributed by atoms with E-state index in [4.69, 9.17) is 0 Å². The second-order valence-corrected chi connectivity index (χ2v) is 5.63. The van der Waals surface area contributed by atoms with Gasteiger partial charge in [-0.3, -0.25) is 0 Å². The lowest BCUT2D eigenvalue weighted by molar-refractivity contribution is 0.416. The molecule has 0 aromatic carbocycles. The smallest absolute Gasteiger partial charge is 0.151 e. The fourth-order valence-electron chi connectivity index (χ4n) is 1.60. The summed E-state index contributed by atoms with van der Waals surface area (Å²) in [6, 6.07) is 4.08. The fraction of sp³-hybridized carbons (Fsp3) is 0.714. The quantitative estimate of drug-likeness (QED) is 0.765. The van der Waals surface area contributed by atoms with Gasteiger partial charge in [0.1, 0.15) is 0 Å². The SMILES string of the molecule is CC(C)CNCc1ccc(N(C)CCN(C)C)nn1. The van der Waals surface area contributed by atoms with Crippen LogP contribution in [0.2, 0.25) is 0 Å². The van der Waals surface area contributed by atoms with Crippen LogP contribution in [0.3, 0.4) is 0 Å². The van der Waals surface area contributed by atoms with E-state index < -0.39 is 0 Å². The molecule has 1 rings (SSSR count). The van der Waals surface area contributed by atoms with Gasteiger partial charge in [-0.15, -0.1) is 5.10 Å². The van der Waals surface area contributed by atoms with Gasteiger partial charge in [-0.1, -0.05) is 13.8 Å². The number of aromatic nitrogens is 2. The molecule has 0 atom stereocenters. The Balaban J connectivity index is 2.42. The molecule has 0 bridgehead atoms. The third-order valence-electron chi connectivity index (χ3n) is 2.84. The van der Waals surface area contributed by atoms with Crippen molar-refractivity contribution >= 4 is 5.82 Å². The average Bonchev–Trinajstić information content (AvgIpc) is 2.36. The molecule has 0 unspecified atom stereocenters. The van der Waals surface area contributed by atoms with Crippen molar-refractivity contribution in [1.82, 2.24) is 20.4 Å². The standard InChI is InChI=1S/C14H27N5/c1-12(2)10-15-11-13-6-7-14(17-16-13)19(5)9-8-18(3)4/h6-7,12,15H,8-11H2,1-5H3. The second kappa shape index (κ2) is 8.07. The molecule has 0 amide bonds. The van der Waals surface area contributed by atoms with E-state index in [0.717, 1.165) is 37.7 Å². The minimum Gasteiger partial charge on any atom is -0.357 e. The average molecular weight is 265 g/mol. The predicted molar refractivity (Wildman–Crippen MR) is 80.4 cm³/mol. The van der Waals surface area contributed by atoms with Gasteiger partial charge in [0.05, 0.1) is 5.69 Å². The van der Waals surface area contributed by atoms with Crippen LogP contribution in [0.4, 0.5) is 5.82 Å². The van der Waals surface area contributed by atoms with Crippen molar-refractivity contribution in [3.63, 3.8) is 0 Å². The van der Waals surface area contributed by atoms with Gasteiger partial charge in [0.15, 0.2) is 5.82 Å². The van der Waals surface area contributed by atoms with Crippen molar-refractivity contribution in [2.45, 2.75) is 20.4 Å². The van der Waals surface area contributed by atoms with Gasteiger partial charge in [0, 0.05) is 26.7 Å². The number of rotatable bonds is 8. The van der Waals surface area contributed by atoms with Crippen LogP contribution in [0, 0.1) is 5.92 Å². The van der Waals surface area contributed by atoms with Crippen molar-refractivity contribution in [3.05, 3.63) is 17.8 Å². The number of nitrogens with one attached hydrogen (secondary N) is 1. The summed E-state index contributed by atoms with van der Waals surface area (Å²) in [7, 11) is 6.19. The van der Waals surface area contributed by atoms with Crippen LogP contribution in [0.25, 0.3) is 0 Å². The summed E-state index contributed by atoms with van der Waals surface area (Å²) in [5.74, 6) is 1.58. The Morgan fingerprint density at radius 1 is 1.11 bits per heavy atom. The summed E-state index contributed by atoms with van der Waals surface area (Å²) < 4.78 is 0. The van der Waals surface area contributed by atoms with E-state index in [-0.39, 0.29) is 0 Å². The normalized spacial score (nSPS) is 11.3. The van der Waals surface area contributed by atoms with E-state index in [9.17, 15) is 0 Å². The monoisotopic (exact) mass is 265 g/mol. The van der Waals surface area contributed by atoms with Crippen molar-refractivity contribution < 1.29 is 0 Å².